The highest BCUT2D eigenvalue weighted by Gasteiger charge is 2.12. The molecule has 130 valence electrons. The molecule has 2 aromatic rings. The van der Waals surface area contributed by atoms with Gasteiger partial charge in [-0.15, -0.1) is 0 Å². The average molecular weight is 342 g/mol. The Bertz CT molecular complexity index is 792. The van der Waals surface area contributed by atoms with Crippen molar-refractivity contribution in [3.63, 3.8) is 0 Å². The van der Waals surface area contributed by atoms with Gasteiger partial charge in [0.25, 0.3) is 0 Å². The van der Waals surface area contributed by atoms with E-state index in [1.54, 1.807) is 42.5 Å². The van der Waals surface area contributed by atoms with Gasteiger partial charge in [0.05, 0.1) is 7.11 Å². The molecular weight excluding hydrogens is 324 g/mol. The van der Waals surface area contributed by atoms with Gasteiger partial charge in [0.1, 0.15) is 5.75 Å². The number of aliphatic carboxylic acids is 1. The first-order valence-corrected chi connectivity index (χ1v) is 7.49. The highest BCUT2D eigenvalue weighted by molar-refractivity contribution is 6.06. The molecule has 0 saturated heterocycles. The van der Waals surface area contributed by atoms with Crippen LogP contribution in [-0.2, 0) is 4.79 Å². The number of carbonyl (C=O) groups is 2. The van der Waals surface area contributed by atoms with Crippen molar-refractivity contribution >= 4 is 17.8 Å². The third-order valence-electron chi connectivity index (χ3n) is 3.43. The molecule has 2 aromatic carbocycles. The number of phenolic OH excluding ortho intramolecular Hbond substituents is 1. The summed E-state index contributed by atoms with van der Waals surface area (Å²) in [6.45, 7) is 1.43. The number of rotatable bonds is 7. The number of hydrogen-bond acceptors (Lipinski definition) is 5. The molecule has 0 spiro atoms. The number of allylic oxidation sites excluding steroid dienone is 1. The van der Waals surface area contributed by atoms with Crippen molar-refractivity contribution in [2.24, 2.45) is 0 Å². The topological polar surface area (TPSA) is 93.1 Å². The first kappa shape index (κ1) is 18.1. The van der Waals surface area contributed by atoms with Crippen molar-refractivity contribution in [3.8, 4) is 17.2 Å². The van der Waals surface area contributed by atoms with E-state index in [1.165, 1.54) is 26.2 Å². The number of hydrogen-bond donors (Lipinski definition) is 2. The van der Waals surface area contributed by atoms with Crippen LogP contribution in [0.5, 0.6) is 17.2 Å². The monoisotopic (exact) mass is 342 g/mol. The van der Waals surface area contributed by atoms with Gasteiger partial charge in [0.15, 0.2) is 23.4 Å². The van der Waals surface area contributed by atoms with E-state index in [9.17, 15) is 14.7 Å². The van der Waals surface area contributed by atoms with Gasteiger partial charge in [0.2, 0.25) is 0 Å². The molecule has 0 fully saturated rings. The van der Waals surface area contributed by atoms with Crippen LogP contribution in [0.15, 0.2) is 48.5 Å². The Balaban J connectivity index is 2.05. The van der Waals surface area contributed by atoms with E-state index < -0.39 is 12.1 Å². The zero-order chi connectivity index (χ0) is 18.4. The van der Waals surface area contributed by atoms with Gasteiger partial charge in [-0.3, -0.25) is 4.79 Å². The molecule has 0 aromatic heterocycles. The molecule has 0 aliphatic heterocycles. The number of carbonyl (C=O) groups excluding carboxylic acids is 1. The van der Waals surface area contributed by atoms with Crippen LogP contribution in [0.3, 0.4) is 0 Å². The number of phenols is 1. The molecular formula is C19H18O6. The normalized spacial score (nSPS) is 11.9. The van der Waals surface area contributed by atoms with E-state index in [0.29, 0.717) is 22.6 Å². The molecule has 25 heavy (non-hydrogen) atoms. The summed E-state index contributed by atoms with van der Waals surface area (Å²) in [5, 5.41) is 18.5. The van der Waals surface area contributed by atoms with Gasteiger partial charge < -0.3 is 19.7 Å². The van der Waals surface area contributed by atoms with E-state index in [0.717, 1.165) is 0 Å². The number of aromatic hydroxyl groups is 1. The van der Waals surface area contributed by atoms with E-state index in [4.69, 9.17) is 14.6 Å². The van der Waals surface area contributed by atoms with Crippen molar-refractivity contribution in [2.75, 3.05) is 7.11 Å². The number of carboxylic acid groups (broad SMARTS) is 1. The van der Waals surface area contributed by atoms with Gasteiger partial charge in [0, 0.05) is 5.56 Å². The maximum absolute atomic E-state index is 12.2. The fraction of sp³-hybridized carbons (Fsp3) is 0.158. The fourth-order valence-electron chi connectivity index (χ4n) is 2.03. The van der Waals surface area contributed by atoms with Crippen molar-refractivity contribution in [2.45, 2.75) is 13.0 Å². The van der Waals surface area contributed by atoms with Gasteiger partial charge in [-0.2, -0.15) is 0 Å². The molecule has 0 aliphatic carbocycles. The van der Waals surface area contributed by atoms with Crippen molar-refractivity contribution in [1.82, 2.24) is 0 Å². The number of benzene rings is 2. The van der Waals surface area contributed by atoms with Gasteiger partial charge in [-0.05, 0) is 55.0 Å². The molecule has 0 amide bonds. The second kappa shape index (κ2) is 8.01. The lowest BCUT2D eigenvalue weighted by molar-refractivity contribution is -0.144. The minimum absolute atomic E-state index is 0.00819. The third kappa shape index (κ3) is 4.84. The highest BCUT2D eigenvalue weighted by Crippen LogP contribution is 2.26. The summed E-state index contributed by atoms with van der Waals surface area (Å²) >= 11 is 0. The lowest BCUT2D eigenvalue weighted by Gasteiger charge is -2.10. The summed E-state index contributed by atoms with van der Waals surface area (Å²) < 4.78 is 10.2. The lowest BCUT2D eigenvalue weighted by atomic mass is 10.1. The van der Waals surface area contributed by atoms with Crippen molar-refractivity contribution in [3.05, 3.63) is 59.7 Å². The Hall–Kier alpha value is -3.28. The summed E-state index contributed by atoms with van der Waals surface area (Å²) in [6, 6.07) is 11.0. The van der Waals surface area contributed by atoms with Crippen molar-refractivity contribution in [1.29, 1.82) is 0 Å². The maximum Gasteiger partial charge on any atom is 0.344 e. The molecule has 0 bridgehead atoms. The van der Waals surface area contributed by atoms with Crippen LogP contribution in [0.1, 0.15) is 22.8 Å². The van der Waals surface area contributed by atoms with Crippen LogP contribution in [-0.4, -0.2) is 35.2 Å². The summed E-state index contributed by atoms with van der Waals surface area (Å²) in [5.41, 5.74) is 1.09. The zero-order valence-corrected chi connectivity index (χ0v) is 13.8. The summed E-state index contributed by atoms with van der Waals surface area (Å²) in [5.74, 6) is -0.574. The smallest absolute Gasteiger partial charge is 0.344 e. The minimum Gasteiger partial charge on any atom is -0.504 e. The van der Waals surface area contributed by atoms with Crippen LogP contribution >= 0.6 is 0 Å². The van der Waals surface area contributed by atoms with E-state index in [2.05, 4.69) is 0 Å². The Morgan fingerprint density at radius 2 is 1.80 bits per heavy atom. The third-order valence-corrected chi connectivity index (χ3v) is 3.43. The number of carboxylic acids is 1. The first-order chi connectivity index (χ1) is 11.9. The maximum atomic E-state index is 12.2. The molecule has 6 heteroatoms. The Morgan fingerprint density at radius 1 is 1.12 bits per heavy atom. The number of methoxy groups -OCH3 is 1. The molecule has 1 unspecified atom stereocenters. The van der Waals surface area contributed by atoms with Crippen LogP contribution < -0.4 is 9.47 Å². The predicted octanol–water partition coefficient (Wildman–Crippen LogP) is 3.15. The Kier molecular flexibility index (Phi) is 5.79. The molecule has 6 nitrogen and oxygen atoms in total. The summed E-state index contributed by atoms with van der Waals surface area (Å²) in [7, 11) is 1.46. The van der Waals surface area contributed by atoms with Crippen LogP contribution in [0, 0.1) is 0 Å². The first-order valence-electron chi connectivity index (χ1n) is 7.49. The van der Waals surface area contributed by atoms with Gasteiger partial charge in [-0.1, -0.05) is 12.1 Å². The molecule has 2 N–H and O–H groups in total. The highest BCUT2D eigenvalue weighted by atomic mass is 16.5. The predicted molar refractivity (Wildman–Crippen MR) is 92.2 cm³/mol. The quantitative estimate of drug-likeness (QED) is 0.593. The van der Waals surface area contributed by atoms with E-state index in [-0.39, 0.29) is 11.5 Å². The second-order valence-electron chi connectivity index (χ2n) is 5.25. The van der Waals surface area contributed by atoms with Crippen LogP contribution in [0.2, 0.25) is 0 Å². The van der Waals surface area contributed by atoms with E-state index in [1.807, 2.05) is 0 Å². The van der Waals surface area contributed by atoms with Crippen LogP contribution in [0.4, 0.5) is 0 Å². The van der Waals surface area contributed by atoms with E-state index >= 15 is 0 Å². The zero-order valence-electron chi connectivity index (χ0n) is 13.8. The second-order valence-corrected chi connectivity index (χ2v) is 5.25. The average Bonchev–Trinajstić information content (AvgIpc) is 2.60. The minimum atomic E-state index is -1.06. The van der Waals surface area contributed by atoms with Crippen LogP contribution in [0.25, 0.3) is 6.08 Å². The number of ether oxygens (including phenoxy) is 2. The molecule has 0 aliphatic rings. The molecule has 1 atom stereocenters. The summed E-state index contributed by atoms with van der Waals surface area (Å²) in [6.07, 6.45) is 2.00. The van der Waals surface area contributed by atoms with Gasteiger partial charge in [-0.25, -0.2) is 4.79 Å². The van der Waals surface area contributed by atoms with Crippen molar-refractivity contribution < 1.29 is 29.3 Å². The number of ketones is 1. The molecule has 0 saturated carbocycles. The van der Waals surface area contributed by atoms with Gasteiger partial charge >= 0.3 is 5.97 Å². The molecule has 0 heterocycles. The molecule has 0 radical (unpaired) electrons. The fourth-order valence-corrected chi connectivity index (χ4v) is 2.03. The largest absolute Gasteiger partial charge is 0.504 e. The standard InChI is InChI=1S/C19H18O6/c1-12(19(22)23)25-15-7-5-14(6-8-15)16(20)9-3-13-4-10-18(24-2)17(21)11-13/h3-12,21H,1-2H3,(H,22,23). The Labute approximate surface area is 144 Å². The Morgan fingerprint density at radius 3 is 2.36 bits per heavy atom. The summed E-state index contributed by atoms with van der Waals surface area (Å²) in [4.78, 5) is 22.9. The lowest BCUT2D eigenvalue weighted by Crippen LogP contribution is -2.22. The SMILES string of the molecule is COc1ccc(C=CC(=O)c2ccc(OC(C)C(=O)O)cc2)cc1O. The molecule has 2 rings (SSSR count).